The second-order valence-electron chi connectivity index (χ2n) is 6.12. The van der Waals surface area contributed by atoms with Gasteiger partial charge in [-0.15, -0.1) is 0 Å². The predicted molar refractivity (Wildman–Crippen MR) is 90.4 cm³/mol. The van der Waals surface area contributed by atoms with E-state index in [0.29, 0.717) is 11.3 Å². The van der Waals surface area contributed by atoms with Gasteiger partial charge < -0.3 is 5.11 Å². The molecule has 1 aromatic heterocycles. The molecule has 1 aliphatic rings. The van der Waals surface area contributed by atoms with Crippen molar-refractivity contribution in [2.75, 3.05) is 4.90 Å². The number of rotatable bonds is 4. The summed E-state index contributed by atoms with van der Waals surface area (Å²) >= 11 is 0. The van der Waals surface area contributed by atoms with Crippen LogP contribution in [0.4, 0.5) is 10.1 Å². The first-order chi connectivity index (χ1) is 11.9. The van der Waals surface area contributed by atoms with Crippen LogP contribution in [0.2, 0.25) is 0 Å². The normalized spacial score (nSPS) is 17.5. The van der Waals surface area contributed by atoms with Crippen LogP contribution >= 0.6 is 0 Å². The summed E-state index contributed by atoms with van der Waals surface area (Å²) in [6, 6.07) is 7.94. The van der Waals surface area contributed by atoms with E-state index in [-0.39, 0.29) is 11.4 Å². The molecular formula is C19H17FN2O3. The number of amides is 1. The van der Waals surface area contributed by atoms with Crippen LogP contribution in [0.15, 0.2) is 60.1 Å². The number of carbonyl (C=O) groups excluding carboxylic acids is 2. The molecule has 1 atom stereocenters. The molecule has 1 unspecified atom stereocenters. The zero-order valence-corrected chi connectivity index (χ0v) is 13.8. The van der Waals surface area contributed by atoms with Crippen LogP contribution in [0.1, 0.15) is 25.5 Å². The Morgan fingerprint density at radius 2 is 1.92 bits per heavy atom. The second-order valence-corrected chi connectivity index (χ2v) is 6.12. The topological polar surface area (TPSA) is 70.5 Å². The highest BCUT2D eigenvalue weighted by Crippen LogP contribution is 2.41. The molecule has 0 fully saturated rings. The zero-order valence-electron chi connectivity index (χ0n) is 13.8. The van der Waals surface area contributed by atoms with Crippen molar-refractivity contribution in [3.63, 3.8) is 0 Å². The van der Waals surface area contributed by atoms with Gasteiger partial charge in [0, 0.05) is 24.0 Å². The van der Waals surface area contributed by atoms with Crippen molar-refractivity contribution in [2.45, 2.75) is 19.9 Å². The third-order valence-corrected chi connectivity index (χ3v) is 4.10. The summed E-state index contributed by atoms with van der Waals surface area (Å²) in [5.74, 6) is -2.41. The summed E-state index contributed by atoms with van der Waals surface area (Å²) in [7, 11) is 0. The molecule has 25 heavy (non-hydrogen) atoms. The largest absolute Gasteiger partial charge is 0.503 e. The fourth-order valence-electron chi connectivity index (χ4n) is 2.89. The average Bonchev–Trinajstić information content (AvgIpc) is 2.87. The Bertz CT molecular complexity index is 845. The number of nitrogens with zero attached hydrogens (tertiary/aromatic N) is 2. The second kappa shape index (κ2) is 6.47. The van der Waals surface area contributed by atoms with Crippen molar-refractivity contribution >= 4 is 17.4 Å². The van der Waals surface area contributed by atoms with Crippen molar-refractivity contribution in [2.24, 2.45) is 5.92 Å². The minimum absolute atomic E-state index is 0.0392. The van der Waals surface area contributed by atoms with Gasteiger partial charge in [-0.2, -0.15) is 0 Å². The van der Waals surface area contributed by atoms with E-state index in [1.165, 1.54) is 29.2 Å². The Labute approximate surface area is 144 Å². The standard InChI is InChI=1S/C19H17FN2O3/c1-11(2)17(23)15-16(12-4-3-9-21-10-12)22(19(25)18(15)24)14-7-5-13(20)6-8-14/h3-11,16,24H,1-2H3. The zero-order chi connectivity index (χ0) is 18.1. The highest BCUT2D eigenvalue weighted by Gasteiger charge is 2.44. The molecule has 1 aromatic carbocycles. The van der Waals surface area contributed by atoms with Gasteiger partial charge in [0.25, 0.3) is 5.91 Å². The molecule has 3 rings (SSSR count). The molecule has 5 nitrogen and oxygen atoms in total. The quantitative estimate of drug-likeness (QED) is 0.927. The van der Waals surface area contributed by atoms with Gasteiger partial charge in [0.2, 0.25) is 0 Å². The predicted octanol–water partition coefficient (Wildman–Crippen LogP) is 3.35. The van der Waals surface area contributed by atoms with E-state index < -0.39 is 29.4 Å². The van der Waals surface area contributed by atoms with Crippen LogP contribution < -0.4 is 4.90 Å². The SMILES string of the molecule is CC(C)C(=O)C1=C(O)C(=O)N(c2ccc(F)cc2)C1c1cccnc1. The molecule has 0 radical (unpaired) electrons. The number of hydrogen-bond acceptors (Lipinski definition) is 4. The van der Waals surface area contributed by atoms with Crippen molar-refractivity contribution in [1.82, 2.24) is 4.98 Å². The van der Waals surface area contributed by atoms with Crippen molar-refractivity contribution in [3.8, 4) is 0 Å². The Morgan fingerprint density at radius 3 is 2.48 bits per heavy atom. The maximum atomic E-state index is 13.3. The summed E-state index contributed by atoms with van der Waals surface area (Å²) in [4.78, 5) is 30.6. The third-order valence-electron chi connectivity index (χ3n) is 4.10. The van der Waals surface area contributed by atoms with Gasteiger partial charge in [0.05, 0.1) is 11.6 Å². The summed E-state index contributed by atoms with van der Waals surface area (Å²) in [5, 5.41) is 10.4. The summed E-state index contributed by atoms with van der Waals surface area (Å²) in [6.45, 7) is 3.40. The Morgan fingerprint density at radius 1 is 1.24 bits per heavy atom. The minimum Gasteiger partial charge on any atom is -0.503 e. The van der Waals surface area contributed by atoms with Gasteiger partial charge in [0.1, 0.15) is 5.82 Å². The number of aliphatic hydroxyl groups excluding tert-OH is 1. The average molecular weight is 340 g/mol. The number of carbonyl (C=O) groups is 2. The highest BCUT2D eigenvalue weighted by atomic mass is 19.1. The first-order valence-electron chi connectivity index (χ1n) is 7.88. The number of ketones is 1. The molecule has 0 saturated carbocycles. The lowest BCUT2D eigenvalue weighted by Gasteiger charge is -2.27. The molecule has 1 aliphatic heterocycles. The van der Waals surface area contributed by atoms with Gasteiger partial charge in [-0.3, -0.25) is 19.5 Å². The number of Topliss-reactive ketones (excluding diaryl/α,β-unsaturated/α-hetero) is 1. The summed E-state index contributed by atoms with van der Waals surface area (Å²) < 4.78 is 13.3. The first kappa shape index (κ1) is 16.8. The van der Waals surface area contributed by atoms with Crippen LogP contribution in [0, 0.1) is 11.7 Å². The van der Waals surface area contributed by atoms with Gasteiger partial charge in [-0.25, -0.2) is 4.39 Å². The monoisotopic (exact) mass is 340 g/mol. The first-order valence-corrected chi connectivity index (χ1v) is 7.88. The molecule has 1 amide bonds. The summed E-state index contributed by atoms with van der Waals surface area (Å²) in [6.07, 6.45) is 3.12. The van der Waals surface area contributed by atoms with Gasteiger partial charge in [0.15, 0.2) is 11.5 Å². The smallest absolute Gasteiger partial charge is 0.294 e. The van der Waals surface area contributed by atoms with Crippen LogP contribution in [-0.4, -0.2) is 21.8 Å². The maximum Gasteiger partial charge on any atom is 0.294 e. The fourth-order valence-corrected chi connectivity index (χ4v) is 2.89. The molecule has 2 aromatic rings. The Balaban J connectivity index is 2.17. The van der Waals surface area contributed by atoms with Gasteiger partial charge in [-0.05, 0) is 35.9 Å². The van der Waals surface area contributed by atoms with Crippen molar-refractivity contribution in [3.05, 3.63) is 71.5 Å². The van der Waals surface area contributed by atoms with Crippen LogP contribution in [-0.2, 0) is 9.59 Å². The number of aliphatic hydroxyl groups is 1. The molecule has 6 heteroatoms. The molecule has 1 N–H and O–H groups in total. The maximum absolute atomic E-state index is 13.3. The van der Waals surface area contributed by atoms with E-state index in [1.54, 1.807) is 38.4 Å². The summed E-state index contributed by atoms with van der Waals surface area (Å²) in [5.41, 5.74) is 1.02. The van der Waals surface area contributed by atoms with Gasteiger partial charge in [-0.1, -0.05) is 19.9 Å². The van der Waals surface area contributed by atoms with Crippen molar-refractivity contribution in [1.29, 1.82) is 0 Å². The van der Waals surface area contributed by atoms with Crippen molar-refractivity contribution < 1.29 is 19.1 Å². The lowest BCUT2D eigenvalue weighted by molar-refractivity contribution is -0.119. The van der Waals surface area contributed by atoms with Crippen LogP contribution in [0.5, 0.6) is 0 Å². The van der Waals surface area contributed by atoms with E-state index >= 15 is 0 Å². The molecule has 0 spiro atoms. The number of halogens is 1. The molecule has 0 bridgehead atoms. The van der Waals surface area contributed by atoms with Crippen LogP contribution in [0.25, 0.3) is 0 Å². The number of aromatic nitrogens is 1. The number of hydrogen-bond donors (Lipinski definition) is 1. The molecule has 0 saturated heterocycles. The van der Waals surface area contributed by atoms with E-state index in [1.807, 2.05) is 0 Å². The molecule has 128 valence electrons. The fraction of sp³-hybridized carbons (Fsp3) is 0.211. The number of benzene rings is 1. The van der Waals surface area contributed by atoms with Gasteiger partial charge >= 0.3 is 0 Å². The highest BCUT2D eigenvalue weighted by molar-refractivity contribution is 6.16. The van der Waals surface area contributed by atoms with E-state index in [9.17, 15) is 19.1 Å². The van der Waals surface area contributed by atoms with Crippen LogP contribution in [0.3, 0.4) is 0 Å². The molecule has 2 heterocycles. The Hall–Kier alpha value is -3.02. The Kier molecular flexibility index (Phi) is 4.35. The molecular weight excluding hydrogens is 323 g/mol. The number of pyridine rings is 1. The molecule has 0 aliphatic carbocycles. The van der Waals surface area contributed by atoms with E-state index in [2.05, 4.69) is 4.98 Å². The third kappa shape index (κ3) is 2.91. The van der Waals surface area contributed by atoms with E-state index in [4.69, 9.17) is 0 Å². The lowest BCUT2D eigenvalue weighted by atomic mass is 9.92. The minimum atomic E-state index is -0.804. The number of anilines is 1. The van der Waals surface area contributed by atoms with E-state index in [0.717, 1.165) is 0 Å². The lowest BCUT2D eigenvalue weighted by Crippen LogP contribution is -2.31.